The second-order valence-corrected chi connectivity index (χ2v) is 6.92. The Labute approximate surface area is 158 Å². The average Bonchev–Trinajstić information content (AvgIpc) is 2.69. The first kappa shape index (κ1) is 19.0. The molecule has 1 aliphatic heterocycles. The third-order valence-electron chi connectivity index (χ3n) is 4.89. The van der Waals surface area contributed by atoms with E-state index in [1.54, 1.807) is 25.3 Å². The van der Waals surface area contributed by atoms with Crippen molar-refractivity contribution in [2.24, 2.45) is 5.92 Å². The van der Waals surface area contributed by atoms with Gasteiger partial charge < -0.3 is 14.7 Å². The van der Waals surface area contributed by atoms with Gasteiger partial charge in [0.15, 0.2) is 0 Å². The number of carbonyl (C=O) groups excluding carboxylic acids is 1. The molecule has 0 radical (unpaired) electrons. The van der Waals surface area contributed by atoms with Crippen LogP contribution in [0.2, 0.25) is 0 Å². The lowest BCUT2D eigenvalue weighted by Gasteiger charge is -2.32. The van der Waals surface area contributed by atoms with Crippen LogP contribution in [0.15, 0.2) is 42.6 Å². The quantitative estimate of drug-likeness (QED) is 0.848. The SMILES string of the molecule is COCC(=O)N1CCC[C@H](Cc2ccc(-c3cccc(C(=O)O)c3)nc2)C1. The van der Waals surface area contributed by atoms with Crippen LogP contribution in [0.1, 0.15) is 28.8 Å². The molecule has 1 fully saturated rings. The molecule has 6 nitrogen and oxygen atoms in total. The first-order valence-corrected chi connectivity index (χ1v) is 9.12. The number of piperidine rings is 1. The van der Waals surface area contributed by atoms with Crippen molar-refractivity contribution in [2.75, 3.05) is 26.8 Å². The molecule has 3 rings (SSSR count). The number of benzene rings is 1. The molecule has 1 amide bonds. The van der Waals surface area contributed by atoms with Crippen LogP contribution in [0.4, 0.5) is 0 Å². The maximum Gasteiger partial charge on any atom is 0.335 e. The zero-order valence-electron chi connectivity index (χ0n) is 15.4. The van der Waals surface area contributed by atoms with E-state index in [1.165, 1.54) is 0 Å². The smallest absolute Gasteiger partial charge is 0.335 e. The zero-order valence-corrected chi connectivity index (χ0v) is 15.4. The van der Waals surface area contributed by atoms with Gasteiger partial charge in [-0.05, 0) is 48.9 Å². The van der Waals surface area contributed by atoms with Crippen molar-refractivity contribution in [1.82, 2.24) is 9.88 Å². The minimum Gasteiger partial charge on any atom is -0.478 e. The van der Waals surface area contributed by atoms with Crippen molar-refractivity contribution < 1.29 is 19.4 Å². The van der Waals surface area contributed by atoms with E-state index in [2.05, 4.69) is 4.98 Å². The topological polar surface area (TPSA) is 79.7 Å². The van der Waals surface area contributed by atoms with Crippen LogP contribution in [0, 0.1) is 5.92 Å². The zero-order chi connectivity index (χ0) is 19.2. The van der Waals surface area contributed by atoms with E-state index < -0.39 is 5.97 Å². The number of ether oxygens (including phenoxy) is 1. The summed E-state index contributed by atoms with van der Waals surface area (Å²) in [6, 6.07) is 10.7. The number of amides is 1. The lowest BCUT2D eigenvalue weighted by molar-refractivity contribution is -0.136. The highest BCUT2D eigenvalue weighted by Gasteiger charge is 2.23. The van der Waals surface area contributed by atoms with Gasteiger partial charge in [-0.25, -0.2) is 4.79 Å². The fourth-order valence-corrected chi connectivity index (χ4v) is 3.53. The van der Waals surface area contributed by atoms with Gasteiger partial charge in [0.05, 0.1) is 11.3 Å². The van der Waals surface area contributed by atoms with Crippen LogP contribution in [-0.4, -0.2) is 53.7 Å². The number of aromatic nitrogens is 1. The van der Waals surface area contributed by atoms with Gasteiger partial charge in [-0.3, -0.25) is 9.78 Å². The van der Waals surface area contributed by atoms with Crippen LogP contribution in [0.25, 0.3) is 11.3 Å². The third-order valence-corrected chi connectivity index (χ3v) is 4.89. The lowest BCUT2D eigenvalue weighted by Crippen LogP contribution is -2.42. The molecule has 0 unspecified atom stereocenters. The first-order valence-electron chi connectivity index (χ1n) is 9.12. The van der Waals surface area contributed by atoms with Crippen LogP contribution in [-0.2, 0) is 16.0 Å². The van der Waals surface area contributed by atoms with E-state index in [1.807, 2.05) is 29.3 Å². The van der Waals surface area contributed by atoms with E-state index >= 15 is 0 Å². The normalized spacial score (nSPS) is 16.9. The van der Waals surface area contributed by atoms with Crippen molar-refractivity contribution in [3.8, 4) is 11.3 Å². The van der Waals surface area contributed by atoms with E-state index in [4.69, 9.17) is 9.84 Å². The monoisotopic (exact) mass is 368 g/mol. The predicted molar refractivity (Wildman–Crippen MR) is 102 cm³/mol. The van der Waals surface area contributed by atoms with Gasteiger partial charge in [0, 0.05) is 32.0 Å². The molecule has 1 saturated heterocycles. The Morgan fingerprint density at radius 2 is 2.15 bits per heavy atom. The van der Waals surface area contributed by atoms with Crippen LogP contribution in [0.3, 0.4) is 0 Å². The number of nitrogens with zero attached hydrogens (tertiary/aromatic N) is 2. The molecule has 0 saturated carbocycles. The highest BCUT2D eigenvalue weighted by Crippen LogP contribution is 2.23. The van der Waals surface area contributed by atoms with Crippen molar-refractivity contribution in [2.45, 2.75) is 19.3 Å². The number of carbonyl (C=O) groups is 2. The number of methoxy groups -OCH3 is 1. The minimum atomic E-state index is -0.946. The Bertz CT molecular complexity index is 804. The summed E-state index contributed by atoms with van der Waals surface area (Å²) in [6.45, 7) is 1.69. The largest absolute Gasteiger partial charge is 0.478 e. The Balaban J connectivity index is 1.65. The molecule has 2 heterocycles. The van der Waals surface area contributed by atoms with E-state index in [0.717, 1.165) is 49.2 Å². The standard InChI is InChI=1S/C21H24N2O4/c1-27-14-20(24)23-9-3-4-16(13-23)10-15-7-8-19(22-12-15)17-5-2-6-18(11-17)21(25)26/h2,5-8,11-12,16H,3-4,9-10,13-14H2,1H3,(H,25,26)/t16-/m1/s1. The maximum atomic E-state index is 12.0. The summed E-state index contributed by atoms with van der Waals surface area (Å²) in [5.41, 5.74) is 2.92. The van der Waals surface area contributed by atoms with Crippen molar-refractivity contribution in [1.29, 1.82) is 0 Å². The molecule has 142 valence electrons. The lowest BCUT2D eigenvalue weighted by atomic mass is 9.91. The Kier molecular flexibility index (Phi) is 6.19. The summed E-state index contributed by atoms with van der Waals surface area (Å²) in [7, 11) is 1.54. The van der Waals surface area contributed by atoms with Crippen molar-refractivity contribution in [3.63, 3.8) is 0 Å². The number of rotatable bonds is 6. The van der Waals surface area contributed by atoms with Crippen molar-refractivity contribution in [3.05, 3.63) is 53.7 Å². The van der Waals surface area contributed by atoms with Gasteiger partial charge in [-0.2, -0.15) is 0 Å². The van der Waals surface area contributed by atoms with Gasteiger partial charge in [-0.1, -0.05) is 18.2 Å². The number of hydrogen-bond donors (Lipinski definition) is 1. The molecular formula is C21H24N2O4. The number of pyridine rings is 1. The van der Waals surface area contributed by atoms with Crippen LogP contribution in [0.5, 0.6) is 0 Å². The molecule has 1 N–H and O–H groups in total. The fraction of sp³-hybridized carbons (Fsp3) is 0.381. The molecule has 0 aliphatic carbocycles. The van der Waals surface area contributed by atoms with Gasteiger partial charge in [-0.15, -0.1) is 0 Å². The predicted octanol–water partition coefficient (Wildman–Crippen LogP) is 2.87. The molecule has 27 heavy (non-hydrogen) atoms. The summed E-state index contributed by atoms with van der Waals surface area (Å²) in [4.78, 5) is 29.5. The highest BCUT2D eigenvalue weighted by atomic mass is 16.5. The van der Waals surface area contributed by atoms with Gasteiger partial charge >= 0.3 is 5.97 Å². The highest BCUT2D eigenvalue weighted by molar-refractivity contribution is 5.89. The van der Waals surface area contributed by atoms with Crippen molar-refractivity contribution >= 4 is 11.9 Å². The molecule has 0 bridgehead atoms. The molecular weight excluding hydrogens is 344 g/mol. The van der Waals surface area contributed by atoms with E-state index in [-0.39, 0.29) is 18.1 Å². The van der Waals surface area contributed by atoms with Gasteiger partial charge in [0.1, 0.15) is 6.61 Å². The Morgan fingerprint density at radius 1 is 1.30 bits per heavy atom. The van der Waals surface area contributed by atoms with E-state index in [0.29, 0.717) is 5.92 Å². The summed E-state index contributed by atoms with van der Waals surface area (Å²) < 4.78 is 4.95. The number of aromatic carboxylic acids is 1. The summed E-state index contributed by atoms with van der Waals surface area (Å²) in [5.74, 6) is -0.477. The molecule has 1 aromatic heterocycles. The Morgan fingerprint density at radius 3 is 2.85 bits per heavy atom. The molecule has 1 atom stereocenters. The average molecular weight is 368 g/mol. The molecule has 6 heteroatoms. The molecule has 1 aromatic carbocycles. The molecule has 2 aromatic rings. The summed E-state index contributed by atoms with van der Waals surface area (Å²) >= 11 is 0. The fourth-order valence-electron chi connectivity index (χ4n) is 3.53. The van der Waals surface area contributed by atoms with Gasteiger partial charge in [0.25, 0.3) is 0 Å². The Hall–Kier alpha value is -2.73. The van der Waals surface area contributed by atoms with E-state index in [9.17, 15) is 9.59 Å². The summed E-state index contributed by atoms with van der Waals surface area (Å²) in [5, 5.41) is 9.12. The number of likely N-dealkylation sites (tertiary alicyclic amines) is 1. The number of hydrogen-bond acceptors (Lipinski definition) is 4. The number of carboxylic acid groups (broad SMARTS) is 1. The first-order chi connectivity index (χ1) is 13.1. The maximum absolute atomic E-state index is 12.0. The molecule has 0 spiro atoms. The van der Waals surface area contributed by atoms with Crippen LogP contribution < -0.4 is 0 Å². The second-order valence-electron chi connectivity index (χ2n) is 6.92. The molecule has 1 aliphatic rings. The second kappa shape index (κ2) is 8.77. The summed E-state index contributed by atoms with van der Waals surface area (Å²) in [6.07, 6.45) is 4.82. The van der Waals surface area contributed by atoms with Gasteiger partial charge in [0.2, 0.25) is 5.91 Å². The third kappa shape index (κ3) is 4.92. The minimum absolute atomic E-state index is 0.0500. The van der Waals surface area contributed by atoms with Crippen LogP contribution >= 0.6 is 0 Å². The number of carboxylic acids is 1.